The van der Waals surface area contributed by atoms with Gasteiger partial charge in [0, 0.05) is 6.08 Å². The first-order valence-corrected chi connectivity index (χ1v) is 3.91. The van der Waals surface area contributed by atoms with E-state index in [1.54, 1.807) is 12.1 Å². The smallest absolute Gasteiger partial charge is 0.328 e. The lowest BCUT2D eigenvalue weighted by atomic mass is 10.2. The third kappa shape index (κ3) is 4.20. The van der Waals surface area contributed by atoms with Gasteiger partial charge < -0.3 is 14.9 Å². The molecule has 1 aromatic rings. The molecule has 0 heterocycles. The molecule has 1 aromatic carbocycles. The van der Waals surface area contributed by atoms with Crippen LogP contribution in [0, 0.1) is 0 Å². The van der Waals surface area contributed by atoms with Crippen molar-refractivity contribution >= 4 is 36.0 Å². The van der Waals surface area contributed by atoms with Gasteiger partial charge in [0.15, 0.2) is 11.5 Å². The van der Waals surface area contributed by atoms with E-state index in [1.807, 2.05) is 0 Å². The summed E-state index contributed by atoms with van der Waals surface area (Å²) in [4.78, 5) is 10.2. The van der Waals surface area contributed by atoms with Gasteiger partial charge in [-0.1, -0.05) is 6.07 Å². The maximum atomic E-state index is 10.2. The van der Waals surface area contributed by atoms with Gasteiger partial charge >= 0.3 is 5.97 Å². The zero-order valence-electron chi connectivity index (χ0n) is 8.01. The molecule has 0 radical (unpaired) electrons. The summed E-state index contributed by atoms with van der Waals surface area (Å²) in [5, 5.41) is 17.6. The monoisotopic (exact) mass is 322 g/mol. The molecule has 0 amide bonds. The Morgan fingerprint density at radius 3 is 2.67 bits per heavy atom. The number of phenols is 1. The second-order valence-corrected chi connectivity index (χ2v) is 2.60. The topological polar surface area (TPSA) is 66.8 Å². The van der Waals surface area contributed by atoms with E-state index in [-0.39, 0.29) is 29.7 Å². The minimum absolute atomic E-state index is 0. The largest absolute Gasteiger partial charge is 0.504 e. The number of methoxy groups -OCH3 is 1. The third-order valence-corrected chi connectivity index (χ3v) is 1.62. The lowest BCUT2D eigenvalue weighted by molar-refractivity contribution is -0.131. The number of rotatable bonds is 3. The number of aromatic hydroxyl groups is 1. The lowest BCUT2D eigenvalue weighted by Gasteiger charge is -2.03. The molecule has 15 heavy (non-hydrogen) atoms. The van der Waals surface area contributed by atoms with E-state index in [0.29, 0.717) is 11.3 Å². The summed E-state index contributed by atoms with van der Waals surface area (Å²) in [6.45, 7) is 0. The summed E-state index contributed by atoms with van der Waals surface area (Å²) in [6, 6.07) is 4.59. The molecular formula is C10H11IO4. The molecular weight excluding hydrogens is 311 g/mol. The van der Waals surface area contributed by atoms with E-state index in [4.69, 9.17) is 9.84 Å². The van der Waals surface area contributed by atoms with Crippen molar-refractivity contribution in [2.24, 2.45) is 0 Å². The minimum Gasteiger partial charge on any atom is -0.504 e. The Hall–Kier alpha value is -1.24. The Balaban J connectivity index is 0.00000196. The molecule has 1 rings (SSSR count). The molecule has 82 valence electrons. The van der Waals surface area contributed by atoms with Gasteiger partial charge in [-0.05, 0) is 23.8 Å². The highest BCUT2D eigenvalue weighted by Crippen LogP contribution is 2.26. The number of carboxylic acids is 1. The summed E-state index contributed by atoms with van der Waals surface area (Å²) in [5.41, 5.74) is 0.655. The van der Waals surface area contributed by atoms with Crippen LogP contribution in [-0.2, 0) is 4.79 Å². The van der Waals surface area contributed by atoms with E-state index < -0.39 is 5.97 Å². The Bertz CT molecular complexity index is 374. The number of aliphatic carboxylic acids is 1. The lowest BCUT2D eigenvalue weighted by Crippen LogP contribution is -1.87. The Kier molecular flexibility index (Phi) is 5.76. The van der Waals surface area contributed by atoms with Crippen LogP contribution in [0.15, 0.2) is 24.3 Å². The van der Waals surface area contributed by atoms with Crippen molar-refractivity contribution in [3.8, 4) is 11.5 Å². The number of halogens is 1. The van der Waals surface area contributed by atoms with Crippen molar-refractivity contribution < 1.29 is 19.7 Å². The number of carbonyl (C=O) groups is 1. The highest BCUT2D eigenvalue weighted by atomic mass is 127. The van der Waals surface area contributed by atoms with Crippen molar-refractivity contribution in [2.75, 3.05) is 7.11 Å². The van der Waals surface area contributed by atoms with Crippen LogP contribution >= 0.6 is 24.0 Å². The van der Waals surface area contributed by atoms with Crippen LogP contribution in [0.25, 0.3) is 6.08 Å². The molecule has 0 saturated carbocycles. The maximum absolute atomic E-state index is 10.2. The second-order valence-electron chi connectivity index (χ2n) is 2.60. The number of ether oxygens (including phenoxy) is 1. The normalized spacial score (nSPS) is 9.67. The van der Waals surface area contributed by atoms with Crippen LogP contribution in [0.5, 0.6) is 11.5 Å². The van der Waals surface area contributed by atoms with Crippen molar-refractivity contribution in [1.82, 2.24) is 0 Å². The van der Waals surface area contributed by atoms with Crippen LogP contribution in [0.4, 0.5) is 0 Å². The first kappa shape index (κ1) is 13.8. The highest BCUT2D eigenvalue weighted by Gasteiger charge is 2.00. The molecule has 0 aliphatic carbocycles. The first-order valence-electron chi connectivity index (χ1n) is 3.91. The average Bonchev–Trinajstić information content (AvgIpc) is 2.16. The maximum Gasteiger partial charge on any atom is 0.328 e. The molecule has 0 aliphatic rings. The number of hydrogen-bond donors (Lipinski definition) is 2. The summed E-state index contributed by atoms with van der Waals surface area (Å²) in [5.74, 6) is -0.672. The molecule has 0 atom stereocenters. The molecule has 0 unspecified atom stereocenters. The molecule has 0 spiro atoms. The van der Waals surface area contributed by atoms with E-state index in [1.165, 1.54) is 19.3 Å². The summed E-state index contributed by atoms with van der Waals surface area (Å²) >= 11 is 0. The standard InChI is InChI=1S/C10H10O4.HI/c1-14-9-6-7(2-4-8(9)11)3-5-10(12)13;/h2-6,11H,1H3,(H,12,13);1H. The van der Waals surface area contributed by atoms with Crippen LogP contribution in [0.1, 0.15) is 5.56 Å². The van der Waals surface area contributed by atoms with Crippen LogP contribution in [0.2, 0.25) is 0 Å². The summed E-state index contributed by atoms with van der Waals surface area (Å²) in [7, 11) is 1.43. The van der Waals surface area contributed by atoms with Gasteiger partial charge in [0.05, 0.1) is 7.11 Å². The first-order chi connectivity index (χ1) is 6.63. The zero-order valence-corrected chi connectivity index (χ0v) is 10.3. The molecule has 0 saturated heterocycles. The van der Waals surface area contributed by atoms with Crippen molar-refractivity contribution in [1.29, 1.82) is 0 Å². The van der Waals surface area contributed by atoms with Gasteiger partial charge in [-0.25, -0.2) is 4.79 Å². The summed E-state index contributed by atoms with van der Waals surface area (Å²) in [6.07, 6.45) is 2.44. The Morgan fingerprint density at radius 2 is 2.13 bits per heavy atom. The average molecular weight is 322 g/mol. The molecule has 0 aliphatic heterocycles. The minimum atomic E-state index is -1.02. The van der Waals surface area contributed by atoms with Gasteiger partial charge in [0.25, 0.3) is 0 Å². The second kappa shape index (κ2) is 6.28. The Labute approximate surface area is 104 Å². The van der Waals surface area contributed by atoms with E-state index in [2.05, 4.69) is 0 Å². The Morgan fingerprint density at radius 1 is 1.47 bits per heavy atom. The van der Waals surface area contributed by atoms with E-state index in [9.17, 15) is 9.90 Å². The van der Waals surface area contributed by atoms with Gasteiger partial charge in [-0.15, -0.1) is 24.0 Å². The van der Waals surface area contributed by atoms with E-state index in [0.717, 1.165) is 6.08 Å². The van der Waals surface area contributed by atoms with Crippen molar-refractivity contribution in [3.63, 3.8) is 0 Å². The molecule has 0 aromatic heterocycles. The van der Waals surface area contributed by atoms with Gasteiger partial charge in [0.2, 0.25) is 0 Å². The molecule has 4 nitrogen and oxygen atoms in total. The summed E-state index contributed by atoms with van der Waals surface area (Å²) < 4.78 is 4.86. The van der Waals surface area contributed by atoms with E-state index >= 15 is 0 Å². The van der Waals surface area contributed by atoms with Crippen LogP contribution < -0.4 is 4.74 Å². The molecule has 5 heteroatoms. The fourth-order valence-corrected chi connectivity index (χ4v) is 0.965. The third-order valence-electron chi connectivity index (χ3n) is 1.62. The van der Waals surface area contributed by atoms with Crippen molar-refractivity contribution in [2.45, 2.75) is 0 Å². The van der Waals surface area contributed by atoms with Gasteiger partial charge in [-0.2, -0.15) is 0 Å². The van der Waals surface area contributed by atoms with Crippen LogP contribution in [-0.4, -0.2) is 23.3 Å². The zero-order chi connectivity index (χ0) is 10.6. The molecule has 2 N–H and O–H groups in total. The highest BCUT2D eigenvalue weighted by molar-refractivity contribution is 14.0. The molecule has 0 fully saturated rings. The van der Waals surface area contributed by atoms with Gasteiger partial charge in [0.1, 0.15) is 0 Å². The van der Waals surface area contributed by atoms with Crippen LogP contribution in [0.3, 0.4) is 0 Å². The number of phenolic OH excluding ortho intramolecular Hbond substituents is 1. The van der Waals surface area contributed by atoms with Gasteiger partial charge in [-0.3, -0.25) is 0 Å². The predicted molar refractivity (Wildman–Crippen MR) is 66.7 cm³/mol. The SMILES string of the molecule is COc1cc(C=CC(=O)O)ccc1O.I. The number of carboxylic acid groups (broad SMARTS) is 1. The van der Waals surface area contributed by atoms with Crippen molar-refractivity contribution in [3.05, 3.63) is 29.8 Å². The fraction of sp³-hybridized carbons (Fsp3) is 0.100. The molecule has 0 bridgehead atoms. The quantitative estimate of drug-likeness (QED) is 0.661. The predicted octanol–water partition coefficient (Wildman–Crippen LogP) is 2.12. The number of benzene rings is 1. The fourth-order valence-electron chi connectivity index (χ4n) is 0.965. The number of hydrogen-bond acceptors (Lipinski definition) is 3.